The number of rotatable bonds is 6. The van der Waals surface area contributed by atoms with Gasteiger partial charge in [-0.3, -0.25) is 18.7 Å². The summed E-state index contributed by atoms with van der Waals surface area (Å²) in [6.45, 7) is 6.19. The number of hydrogen-bond donors (Lipinski definition) is 1. The van der Waals surface area contributed by atoms with Gasteiger partial charge in [-0.15, -0.1) is 0 Å². The number of thioether (sulfide) groups is 1. The Balaban J connectivity index is 1.93. The van der Waals surface area contributed by atoms with E-state index in [-0.39, 0.29) is 23.1 Å². The largest absolute Gasteiger partial charge is 0.384 e. The third-order valence-corrected chi connectivity index (χ3v) is 5.57. The summed E-state index contributed by atoms with van der Waals surface area (Å²) in [5.41, 5.74) is 6.66. The first-order chi connectivity index (χ1) is 13.7. The Morgan fingerprint density at radius 1 is 1.24 bits per heavy atom. The lowest BCUT2D eigenvalue weighted by Gasteiger charge is -2.16. The number of benzene rings is 1. The number of ketones is 1. The highest BCUT2D eigenvalue weighted by molar-refractivity contribution is 7.99. The van der Waals surface area contributed by atoms with Crippen molar-refractivity contribution in [2.24, 2.45) is 13.0 Å². The highest BCUT2D eigenvalue weighted by Gasteiger charge is 2.22. The average Bonchev–Trinajstić information content (AvgIpc) is 2.68. The zero-order valence-corrected chi connectivity index (χ0v) is 17.7. The second-order valence-electron chi connectivity index (χ2n) is 7.42. The van der Waals surface area contributed by atoms with Gasteiger partial charge < -0.3 is 5.73 Å². The van der Waals surface area contributed by atoms with Gasteiger partial charge in [-0.2, -0.15) is 0 Å². The molecular formula is C21H24N4O3S. The van der Waals surface area contributed by atoms with Crippen LogP contribution in [-0.4, -0.2) is 25.7 Å². The molecule has 7 nitrogen and oxygen atoms in total. The van der Waals surface area contributed by atoms with Crippen molar-refractivity contribution in [3.63, 3.8) is 0 Å². The molecular weight excluding hydrogens is 388 g/mol. The van der Waals surface area contributed by atoms with Crippen LogP contribution in [-0.2, 0) is 13.6 Å². The molecule has 0 aliphatic rings. The number of para-hydroxylation sites is 1. The fourth-order valence-corrected chi connectivity index (χ4v) is 4.04. The van der Waals surface area contributed by atoms with Crippen LogP contribution in [0.2, 0.25) is 0 Å². The molecule has 0 unspecified atom stereocenters. The Morgan fingerprint density at radius 2 is 1.93 bits per heavy atom. The smallest absolute Gasteiger partial charge is 0.332 e. The second-order valence-corrected chi connectivity index (χ2v) is 8.41. The molecule has 1 aromatic carbocycles. The van der Waals surface area contributed by atoms with Crippen molar-refractivity contribution in [3.8, 4) is 0 Å². The van der Waals surface area contributed by atoms with Crippen LogP contribution in [0.4, 0.5) is 5.82 Å². The van der Waals surface area contributed by atoms with Crippen LogP contribution in [0, 0.1) is 12.8 Å². The molecule has 0 atom stereocenters. The van der Waals surface area contributed by atoms with Gasteiger partial charge in [-0.05, 0) is 30.5 Å². The number of aromatic nitrogens is 3. The molecule has 29 heavy (non-hydrogen) atoms. The predicted molar refractivity (Wildman–Crippen MR) is 117 cm³/mol. The third-order valence-electron chi connectivity index (χ3n) is 4.66. The van der Waals surface area contributed by atoms with Crippen LogP contribution < -0.4 is 17.0 Å². The van der Waals surface area contributed by atoms with Gasteiger partial charge in [0.05, 0.1) is 16.3 Å². The van der Waals surface area contributed by atoms with E-state index in [0.29, 0.717) is 11.6 Å². The third kappa shape index (κ3) is 4.12. The van der Waals surface area contributed by atoms with Gasteiger partial charge in [0.2, 0.25) is 0 Å². The fraction of sp³-hybridized carbons (Fsp3) is 0.333. The van der Waals surface area contributed by atoms with Crippen LogP contribution >= 0.6 is 11.8 Å². The van der Waals surface area contributed by atoms with Crippen molar-refractivity contribution < 1.29 is 4.79 Å². The van der Waals surface area contributed by atoms with Gasteiger partial charge in [0, 0.05) is 19.0 Å². The molecule has 0 fully saturated rings. The molecule has 3 rings (SSSR count). The molecule has 0 spiro atoms. The highest BCUT2D eigenvalue weighted by Crippen LogP contribution is 2.24. The highest BCUT2D eigenvalue weighted by atomic mass is 32.2. The van der Waals surface area contributed by atoms with E-state index in [2.05, 4.69) is 4.98 Å². The number of aryl methyl sites for hydroxylation is 1. The summed E-state index contributed by atoms with van der Waals surface area (Å²) < 4.78 is 2.23. The van der Waals surface area contributed by atoms with Crippen molar-refractivity contribution >= 4 is 34.3 Å². The molecule has 0 radical (unpaired) electrons. The van der Waals surface area contributed by atoms with E-state index in [1.54, 1.807) is 0 Å². The van der Waals surface area contributed by atoms with Crippen LogP contribution in [0.1, 0.15) is 29.8 Å². The molecule has 0 bridgehead atoms. The Hall–Kier alpha value is -2.87. The molecule has 2 N–H and O–H groups in total. The van der Waals surface area contributed by atoms with Gasteiger partial charge in [-0.25, -0.2) is 9.78 Å². The molecule has 152 valence electrons. The SMILES string of the molecule is Cc1cc(SCC(=O)c2c(N)n(CC(C)C)c(=O)n(C)c2=O)nc2ccccc12. The maximum absolute atomic E-state index is 12.9. The van der Waals surface area contributed by atoms with E-state index in [1.807, 2.05) is 51.1 Å². The molecule has 2 aromatic heterocycles. The van der Waals surface area contributed by atoms with Crippen molar-refractivity contribution in [1.82, 2.24) is 14.1 Å². The molecule has 0 saturated carbocycles. The number of anilines is 1. The van der Waals surface area contributed by atoms with Crippen molar-refractivity contribution in [1.29, 1.82) is 0 Å². The lowest BCUT2D eigenvalue weighted by atomic mass is 10.1. The topological polar surface area (TPSA) is 100.0 Å². The quantitative estimate of drug-likeness (QED) is 0.493. The number of nitrogens with two attached hydrogens (primary N) is 1. The molecule has 8 heteroatoms. The molecule has 0 aliphatic heterocycles. The van der Waals surface area contributed by atoms with Crippen LogP contribution in [0.5, 0.6) is 0 Å². The predicted octanol–water partition coefficient (Wildman–Crippen LogP) is 2.62. The molecule has 0 saturated heterocycles. The maximum atomic E-state index is 12.9. The van der Waals surface area contributed by atoms with Crippen molar-refractivity contribution in [2.45, 2.75) is 32.3 Å². The molecule has 0 aliphatic carbocycles. The van der Waals surface area contributed by atoms with Gasteiger partial charge >= 0.3 is 5.69 Å². The van der Waals surface area contributed by atoms with Gasteiger partial charge in [-0.1, -0.05) is 43.8 Å². The minimum Gasteiger partial charge on any atom is -0.384 e. The molecule has 2 heterocycles. The normalized spacial score (nSPS) is 11.3. The minimum atomic E-state index is -0.666. The number of fused-ring (bicyclic) bond motifs is 1. The Labute approximate surface area is 172 Å². The zero-order chi connectivity index (χ0) is 21.3. The van der Waals surface area contributed by atoms with E-state index in [1.165, 1.54) is 23.4 Å². The summed E-state index contributed by atoms with van der Waals surface area (Å²) in [4.78, 5) is 42.4. The Bertz CT molecular complexity index is 1210. The van der Waals surface area contributed by atoms with Crippen molar-refractivity contribution in [3.05, 3.63) is 62.3 Å². The van der Waals surface area contributed by atoms with Gasteiger partial charge in [0.1, 0.15) is 11.4 Å². The zero-order valence-electron chi connectivity index (χ0n) is 16.9. The van der Waals surface area contributed by atoms with Gasteiger partial charge in [0.25, 0.3) is 5.56 Å². The van der Waals surface area contributed by atoms with Crippen LogP contribution in [0.3, 0.4) is 0 Å². The number of carbonyl (C=O) groups is 1. The number of hydrogen-bond acceptors (Lipinski definition) is 6. The Kier molecular flexibility index (Phi) is 5.93. The second kappa shape index (κ2) is 8.24. The first-order valence-electron chi connectivity index (χ1n) is 9.32. The molecule has 3 aromatic rings. The number of Topliss-reactive ketones (excluding diaryl/α,β-unsaturated/α-hetero) is 1. The lowest BCUT2D eigenvalue weighted by Crippen LogP contribution is -2.43. The fourth-order valence-electron chi connectivity index (χ4n) is 3.19. The Morgan fingerprint density at radius 3 is 2.62 bits per heavy atom. The van der Waals surface area contributed by atoms with Crippen LogP contribution in [0.15, 0.2) is 44.9 Å². The summed E-state index contributed by atoms with van der Waals surface area (Å²) >= 11 is 1.25. The summed E-state index contributed by atoms with van der Waals surface area (Å²) in [6.07, 6.45) is 0. The molecule has 0 amide bonds. The number of carbonyl (C=O) groups excluding carboxylic acids is 1. The summed E-state index contributed by atoms with van der Waals surface area (Å²) in [6, 6.07) is 9.71. The maximum Gasteiger partial charge on any atom is 0.332 e. The van der Waals surface area contributed by atoms with E-state index < -0.39 is 17.0 Å². The van der Waals surface area contributed by atoms with Crippen molar-refractivity contribution in [2.75, 3.05) is 11.5 Å². The van der Waals surface area contributed by atoms with E-state index in [4.69, 9.17) is 5.73 Å². The average molecular weight is 413 g/mol. The number of nitrogen functional groups attached to an aromatic ring is 1. The summed E-state index contributed by atoms with van der Waals surface area (Å²) in [5, 5.41) is 1.75. The van der Waals surface area contributed by atoms with Crippen LogP contribution in [0.25, 0.3) is 10.9 Å². The number of pyridine rings is 1. The first-order valence-corrected chi connectivity index (χ1v) is 10.3. The number of nitrogens with zero attached hydrogens (tertiary/aromatic N) is 3. The summed E-state index contributed by atoms with van der Waals surface area (Å²) in [5.74, 6) is -0.350. The van der Waals surface area contributed by atoms with E-state index >= 15 is 0 Å². The standard InChI is InChI=1S/C21H24N4O3S/c1-12(2)10-25-19(22)18(20(27)24(4)21(25)28)16(26)11-29-17-9-13(3)14-7-5-6-8-15(14)23-17/h5-9,12H,10-11,22H2,1-4H3. The minimum absolute atomic E-state index is 0.00407. The monoisotopic (exact) mass is 412 g/mol. The van der Waals surface area contributed by atoms with E-state index in [9.17, 15) is 14.4 Å². The summed E-state index contributed by atoms with van der Waals surface area (Å²) in [7, 11) is 1.36. The lowest BCUT2D eigenvalue weighted by molar-refractivity contribution is 0.102. The first kappa shape index (κ1) is 20.9. The van der Waals surface area contributed by atoms with Gasteiger partial charge in [0.15, 0.2) is 5.78 Å². The van der Waals surface area contributed by atoms with E-state index in [0.717, 1.165) is 21.0 Å².